The summed E-state index contributed by atoms with van der Waals surface area (Å²) in [5.74, 6) is 1.32. The summed E-state index contributed by atoms with van der Waals surface area (Å²) in [6.07, 6.45) is -0.830. The van der Waals surface area contributed by atoms with Crippen LogP contribution in [0.4, 0.5) is 5.95 Å². The number of methoxy groups -OCH3 is 2. The van der Waals surface area contributed by atoms with E-state index in [9.17, 15) is 14.7 Å². The fourth-order valence-corrected chi connectivity index (χ4v) is 6.35. The van der Waals surface area contributed by atoms with Gasteiger partial charge in [0.15, 0.2) is 17.8 Å². The van der Waals surface area contributed by atoms with Crippen LogP contribution >= 0.6 is 0 Å². The van der Waals surface area contributed by atoms with Crippen LogP contribution in [0.2, 0.25) is 0 Å². The van der Waals surface area contributed by atoms with Gasteiger partial charge in [-0.05, 0) is 53.1 Å². The summed E-state index contributed by atoms with van der Waals surface area (Å²) < 4.78 is 31.3. The van der Waals surface area contributed by atoms with E-state index in [2.05, 4.69) is 20.3 Å². The fraction of sp³-hybridized carbons (Fsp3) is 0.231. The first-order valence-electron chi connectivity index (χ1n) is 16.6. The average molecular weight is 704 g/mol. The van der Waals surface area contributed by atoms with Gasteiger partial charge in [-0.15, -0.1) is 0 Å². The van der Waals surface area contributed by atoms with E-state index >= 15 is 0 Å². The van der Waals surface area contributed by atoms with Crippen molar-refractivity contribution >= 4 is 23.0 Å². The topological polar surface area (TPSA) is 159 Å². The average Bonchev–Trinajstić information content (AvgIpc) is 3.78. The number of carbonyl (C=O) groups excluding carboxylic acids is 1. The van der Waals surface area contributed by atoms with Gasteiger partial charge in [0, 0.05) is 6.42 Å². The Morgan fingerprint density at radius 1 is 0.885 bits per heavy atom. The van der Waals surface area contributed by atoms with Gasteiger partial charge >= 0.3 is 0 Å². The maximum Gasteiger partial charge on any atom is 0.280 e. The maximum absolute atomic E-state index is 12.9. The number of aromatic amines is 1. The molecule has 266 valence electrons. The third kappa shape index (κ3) is 6.97. The molecule has 1 amide bonds. The number of aromatic nitrogens is 4. The second-order valence-corrected chi connectivity index (χ2v) is 12.1. The largest absolute Gasteiger partial charge is 0.497 e. The van der Waals surface area contributed by atoms with Gasteiger partial charge in [-0.3, -0.25) is 24.5 Å². The Morgan fingerprint density at radius 2 is 1.48 bits per heavy atom. The number of aliphatic hydroxyl groups excluding tert-OH is 1. The van der Waals surface area contributed by atoms with Crippen molar-refractivity contribution in [2.75, 3.05) is 32.8 Å². The highest BCUT2D eigenvalue weighted by molar-refractivity contribution is 5.90. The number of benzene rings is 4. The van der Waals surface area contributed by atoms with Crippen molar-refractivity contribution in [2.24, 2.45) is 0 Å². The van der Waals surface area contributed by atoms with Gasteiger partial charge < -0.3 is 28.8 Å². The van der Waals surface area contributed by atoms with E-state index in [1.165, 1.54) is 6.33 Å². The lowest BCUT2D eigenvalue weighted by atomic mass is 9.80. The van der Waals surface area contributed by atoms with Crippen molar-refractivity contribution in [3.8, 4) is 17.2 Å². The number of nitrogens with one attached hydrogen (secondary N) is 2. The molecule has 1 saturated heterocycles. The van der Waals surface area contributed by atoms with E-state index in [1.54, 1.807) is 43.1 Å². The predicted molar refractivity (Wildman–Crippen MR) is 192 cm³/mol. The Hall–Kier alpha value is -6.02. The van der Waals surface area contributed by atoms with Gasteiger partial charge in [-0.25, -0.2) is 4.98 Å². The number of ether oxygens (including phenoxy) is 5. The highest BCUT2D eigenvalue weighted by Crippen LogP contribution is 2.43. The van der Waals surface area contributed by atoms with Gasteiger partial charge in [-0.2, -0.15) is 4.98 Å². The molecule has 1 aliphatic rings. The zero-order valence-corrected chi connectivity index (χ0v) is 28.5. The van der Waals surface area contributed by atoms with E-state index in [4.69, 9.17) is 23.7 Å². The number of H-pyrrole nitrogens is 1. The number of fused-ring (bicyclic) bond motifs is 1. The minimum absolute atomic E-state index is 0.00597. The molecule has 4 aromatic carbocycles. The van der Waals surface area contributed by atoms with Gasteiger partial charge in [0.2, 0.25) is 5.95 Å². The zero-order chi connectivity index (χ0) is 36.1. The molecule has 0 radical (unpaired) electrons. The number of imidazole rings is 1. The molecule has 3 atom stereocenters. The Kier molecular flexibility index (Phi) is 9.98. The fourth-order valence-electron chi connectivity index (χ4n) is 6.35. The molecule has 0 aliphatic carbocycles. The monoisotopic (exact) mass is 703 g/mol. The Bertz CT molecular complexity index is 2130. The van der Waals surface area contributed by atoms with Crippen molar-refractivity contribution < 1.29 is 33.6 Å². The molecule has 52 heavy (non-hydrogen) atoms. The quantitative estimate of drug-likeness (QED) is 0.143. The summed E-state index contributed by atoms with van der Waals surface area (Å²) in [6.45, 7) is -0.295. The van der Waals surface area contributed by atoms with Crippen LogP contribution in [-0.2, 0) is 19.9 Å². The molecular weight excluding hydrogens is 666 g/mol. The van der Waals surface area contributed by atoms with Crippen LogP contribution in [0.15, 0.2) is 120 Å². The number of anilines is 1. The number of amides is 1. The van der Waals surface area contributed by atoms with Crippen molar-refractivity contribution in [1.82, 2.24) is 19.5 Å². The Balaban J connectivity index is 1.15. The summed E-state index contributed by atoms with van der Waals surface area (Å²) in [7, 11) is 3.23. The summed E-state index contributed by atoms with van der Waals surface area (Å²) in [5, 5.41) is 13.9. The van der Waals surface area contributed by atoms with Crippen LogP contribution < -0.4 is 25.1 Å². The molecule has 0 bridgehead atoms. The van der Waals surface area contributed by atoms with Crippen LogP contribution in [0.25, 0.3) is 11.2 Å². The molecule has 6 aromatic rings. The van der Waals surface area contributed by atoms with Crippen molar-refractivity contribution in [1.29, 1.82) is 0 Å². The summed E-state index contributed by atoms with van der Waals surface area (Å²) in [5.41, 5.74) is 1.10. The first-order valence-corrected chi connectivity index (χ1v) is 16.6. The lowest BCUT2D eigenvalue weighted by Crippen LogP contribution is -2.38. The molecule has 3 heterocycles. The van der Waals surface area contributed by atoms with E-state index in [0.29, 0.717) is 17.2 Å². The zero-order valence-electron chi connectivity index (χ0n) is 28.5. The number of para-hydroxylation sites is 1. The number of hydrogen-bond donors (Lipinski definition) is 3. The van der Waals surface area contributed by atoms with Crippen molar-refractivity contribution in [3.63, 3.8) is 0 Å². The molecule has 13 heteroatoms. The number of rotatable bonds is 13. The molecule has 13 nitrogen and oxygen atoms in total. The highest BCUT2D eigenvalue weighted by Gasteiger charge is 2.42. The van der Waals surface area contributed by atoms with E-state index in [1.807, 2.05) is 84.9 Å². The van der Waals surface area contributed by atoms with Crippen LogP contribution in [0.3, 0.4) is 0 Å². The van der Waals surface area contributed by atoms with Crippen LogP contribution in [0.5, 0.6) is 17.2 Å². The molecule has 1 fully saturated rings. The number of carbonyl (C=O) groups is 1. The Labute approximate surface area is 298 Å². The second-order valence-electron chi connectivity index (χ2n) is 12.1. The summed E-state index contributed by atoms with van der Waals surface area (Å²) >= 11 is 0. The van der Waals surface area contributed by atoms with Crippen LogP contribution in [0.1, 0.15) is 29.3 Å². The normalized spacial score (nSPS) is 17.2. The van der Waals surface area contributed by atoms with Crippen molar-refractivity contribution in [3.05, 3.63) is 143 Å². The van der Waals surface area contributed by atoms with Gasteiger partial charge in [-0.1, -0.05) is 72.8 Å². The SMILES string of the molecule is COc1ccc(C(OC[C@@H]2O[C@H](n3cnc4c(=O)[nH]c(NC(=O)COc5ccccc5)nc43)C[C@@H]2O)(c2ccccc2)c2ccc(OC)cc2)cc1. The summed E-state index contributed by atoms with van der Waals surface area (Å²) in [4.78, 5) is 36.8. The second kappa shape index (κ2) is 15.1. The molecular formula is C39H37N5O8. The predicted octanol–water partition coefficient (Wildman–Crippen LogP) is 4.81. The van der Waals surface area contributed by atoms with Gasteiger partial charge in [0.25, 0.3) is 11.5 Å². The standard InChI is InChI=1S/C39H37N5O8/c1-48-28-17-13-26(14-18-28)39(25-9-5-3-6-10-25,27-15-19-29(49-2)20-16-27)51-22-32-31(45)21-34(52-32)44-24-40-35-36(44)42-38(43-37(35)47)41-33(46)23-50-30-11-7-4-8-12-30/h3-20,24,31-32,34,45H,21-23H2,1-2H3,(H2,41,42,43,46,47)/t31-,32-,34-/m0/s1. The third-order valence-electron chi connectivity index (χ3n) is 8.96. The first-order chi connectivity index (χ1) is 25.4. The first kappa shape index (κ1) is 34.4. The molecule has 2 aromatic heterocycles. The van der Waals surface area contributed by atoms with E-state index in [0.717, 1.165) is 16.7 Å². The van der Waals surface area contributed by atoms with E-state index < -0.39 is 35.5 Å². The number of nitrogens with zero attached hydrogens (tertiary/aromatic N) is 3. The van der Waals surface area contributed by atoms with Gasteiger partial charge in [0.1, 0.15) is 35.2 Å². The van der Waals surface area contributed by atoms with Crippen molar-refractivity contribution in [2.45, 2.75) is 30.5 Å². The van der Waals surface area contributed by atoms with Gasteiger partial charge in [0.05, 0.1) is 33.3 Å². The van der Waals surface area contributed by atoms with E-state index in [-0.39, 0.29) is 36.7 Å². The number of hydrogen-bond acceptors (Lipinski definition) is 10. The maximum atomic E-state index is 12.9. The lowest BCUT2D eigenvalue weighted by Gasteiger charge is -2.37. The Morgan fingerprint density at radius 3 is 2.10 bits per heavy atom. The molecule has 1 aliphatic heterocycles. The molecule has 0 saturated carbocycles. The smallest absolute Gasteiger partial charge is 0.280 e. The number of aliphatic hydroxyl groups is 1. The molecule has 0 unspecified atom stereocenters. The highest BCUT2D eigenvalue weighted by atomic mass is 16.6. The minimum Gasteiger partial charge on any atom is -0.497 e. The lowest BCUT2D eigenvalue weighted by molar-refractivity contribution is -0.118. The van der Waals surface area contributed by atoms with Crippen LogP contribution in [-0.4, -0.2) is 70.2 Å². The molecule has 0 spiro atoms. The molecule has 7 rings (SSSR count). The molecule has 3 N–H and O–H groups in total. The summed E-state index contributed by atoms with van der Waals surface area (Å²) in [6, 6.07) is 34.0. The minimum atomic E-state index is -1.12. The third-order valence-corrected chi connectivity index (χ3v) is 8.96. The van der Waals surface area contributed by atoms with Crippen LogP contribution in [0, 0.1) is 0 Å².